The Bertz CT molecular complexity index is 385. The van der Waals surface area contributed by atoms with Gasteiger partial charge in [0, 0.05) is 0 Å². The van der Waals surface area contributed by atoms with E-state index in [9.17, 15) is 0 Å². The fraction of sp³-hybridized carbons (Fsp3) is 0.182. The second-order valence-electron chi connectivity index (χ2n) is 2.68. The molecule has 1 aromatic carbocycles. The van der Waals surface area contributed by atoms with E-state index in [1.807, 2.05) is 18.2 Å². The van der Waals surface area contributed by atoms with Crippen LogP contribution in [0.25, 0.3) is 0 Å². The van der Waals surface area contributed by atoms with E-state index in [0.29, 0.717) is 6.61 Å². The van der Waals surface area contributed by atoms with Crippen molar-refractivity contribution in [1.82, 2.24) is 0 Å². The number of rotatable bonds is 4. The van der Waals surface area contributed by atoms with Crippen LogP contribution in [-0.2, 0) is 0 Å². The van der Waals surface area contributed by atoms with E-state index in [1.54, 1.807) is 13.2 Å². The normalized spacial score (nSPS) is 8.11. The van der Waals surface area contributed by atoms with E-state index < -0.39 is 6.16 Å². The SMILES string of the molecule is C=CCOc1ccc(OC)c(Br)c1.O=C(O)O.[H-].[K+]. The van der Waals surface area contributed by atoms with Crippen LogP contribution in [0.3, 0.4) is 0 Å². The monoisotopic (exact) mass is 344 g/mol. The molecule has 0 radical (unpaired) electrons. The van der Waals surface area contributed by atoms with Crippen molar-refractivity contribution < 1.29 is 77.3 Å². The average Bonchev–Trinajstić information content (AvgIpc) is 2.26. The van der Waals surface area contributed by atoms with Crippen molar-refractivity contribution in [3.05, 3.63) is 35.3 Å². The van der Waals surface area contributed by atoms with Gasteiger partial charge in [0.15, 0.2) is 0 Å². The molecule has 0 fully saturated rings. The summed E-state index contributed by atoms with van der Waals surface area (Å²) < 4.78 is 11.3. The van der Waals surface area contributed by atoms with Gasteiger partial charge in [0.25, 0.3) is 0 Å². The van der Waals surface area contributed by atoms with Gasteiger partial charge < -0.3 is 21.1 Å². The molecule has 1 rings (SSSR count). The average molecular weight is 345 g/mol. The van der Waals surface area contributed by atoms with Crippen LogP contribution in [0, 0.1) is 0 Å². The molecular weight excluding hydrogens is 331 g/mol. The van der Waals surface area contributed by atoms with E-state index in [4.69, 9.17) is 24.5 Å². The molecule has 0 unspecified atom stereocenters. The van der Waals surface area contributed by atoms with E-state index >= 15 is 0 Å². The number of ether oxygens (including phenoxy) is 2. The van der Waals surface area contributed by atoms with Crippen molar-refractivity contribution in [3.8, 4) is 11.5 Å². The molecule has 18 heavy (non-hydrogen) atoms. The van der Waals surface area contributed by atoms with Gasteiger partial charge in [-0.25, -0.2) is 4.79 Å². The number of carbonyl (C=O) groups is 1. The number of carboxylic acid groups (broad SMARTS) is 2. The Kier molecular flexibility index (Phi) is 13.5. The van der Waals surface area contributed by atoms with Crippen molar-refractivity contribution in [2.24, 2.45) is 0 Å². The predicted octanol–water partition coefficient (Wildman–Crippen LogP) is 0.361. The first kappa shape index (κ1) is 20.3. The minimum Gasteiger partial charge on any atom is -1.00 e. The predicted molar refractivity (Wildman–Crippen MR) is 68.2 cm³/mol. The Balaban J connectivity index is -0.000000379. The van der Waals surface area contributed by atoms with E-state index in [0.717, 1.165) is 16.0 Å². The van der Waals surface area contributed by atoms with Crippen molar-refractivity contribution >= 4 is 22.1 Å². The zero-order chi connectivity index (χ0) is 13.3. The van der Waals surface area contributed by atoms with Crippen molar-refractivity contribution in [1.29, 1.82) is 0 Å². The summed E-state index contributed by atoms with van der Waals surface area (Å²) >= 11 is 3.37. The van der Waals surface area contributed by atoms with Gasteiger partial charge in [-0.2, -0.15) is 0 Å². The van der Waals surface area contributed by atoms with Crippen molar-refractivity contribution in [2.45, 2.75) is 0 Å². The summed E-state index contributed by atoms with van der Waals surface area (Å²) in [5, 5.41) is 13.9. The summed E-state index contributed by atoms with van der Waals surface area (Å²) in [6.07, 6.45) is -0.127. The van der Waals surface area contributed by atoms with Gasteiger partial charge >= 0.3 is 57.5 Å². The largest absolute Gasteiger partial charge is 1.00 e. The van der Waals surface area contributed by atoms with Gasteiger partial charge in [-0.05, 0) is 34.1 Å². The Morgan fingerprint density at radius 1 is 1.56 bits per heavy atom. The molecule has 0 aromatic heterocycles. The van der Waals surface area contributed by atoms with Crippen LogP contribution in [0.15, 0.2) is 35.3 Å². The summed E-state index contributed by atoms with van der Waals surface area (Å²) in [5.41, 5.74) is 0. The summed E-state index contributed by atoms with van der Waals surface area (Å²) in [6, 6.07) is 5.57. The summed E-state index contributed by atoms with van der Waals surface area (Å²) in [5.74, 6) is 1.60. The van der Waals surface area contributed by atoms with Gasteiger partial charge in [-0.15, -0.1) is 0 Å². The Morgan fingerprint density at radius 3 is 2.50 bits per heavy atom. The number of halogens is 1. The first-order chi connectivity index (χ1) is 8.01. The molecule has 1 aromatic rings. The summed E-state index contributed by atoms with van der Waals surface area (Å²) in [4.78, 5) is 8.56. The maximum absolute atomic E-state index is 8.56. The van der Waals surface area contributed by atoms with E-state index in [2.05, 4.69) is 22.5 Å². The van der Waals surface area contributed by atoms with Gasteiger partial charge in [0.2, 0.25) is 0 Å². The van der Waals surface area contributed by atoms with Gasteiger partial charge in [-0.3, -0.25) is 0 Å². The van der Waals surface area contributed by atoms with Crippen LogP contribution in [0.5, 0.6) is 11.5 Å². The molecule has 0 aliphatic rings. The Labute approximate surface area is 158 Å². The van der Waals surface area contributed by atoms with E-state index in [-0.39, 0.29) is 52.8 Å². The van der Waals surface area contributed by atoms with Crippen molar-refractivity contribution in [3.63, 3.8) is 0 Å². The zero-order valence-corrected chi connectivity index (χ0v) is 14.9. The fourth-order valence-electron chi connectivity index (χ4n) is 0.892. The molecule has 0 atom stereocenters. The second kappa shape index (κ2) is 12.0. The van der Waals surface area contributed by atoms with Gasteiger partial charge in [0.05, 0.1) is 11.6 Å². The molecule has 0 heterocycles. The second-order valence-corrected chi connectivity index (χ2v) is 3.53. The number of hydrogen-bond acceptors (Lipinski definition) is 3. The quantitative estimate of drug-likeness (QED) is 0.609. The third-order valence-corrected chi connectivity index (χ3v) is 2.11. The first-order valence-electron chi connectivity index (χ1n) is 4.50. The van der Waals surface area contributed by atoms with E-state index in [1.165, 1.54) is 0 Å². The summed E-state index contributed by atoms with van der Waals surface area (Å²) in [7, 11) is 1.63. The first-order valence-corrected chi connectivity index (χ1v) is 5.29. The topological polar surface area (TPSA) is 76.0 Å². The molecular formula is C11H14BrKO5. The molecule has 2 N–H and O–H groups in total. The zero-order valence-electron chi connectivity index (χ0n) is 11.2. The molecule has 0 aliphatic carbocycles. The third kappa shape index (κ3) is 9.92. The maximum Gasteiger partial charge on any atom is 1.00 e. The number of hydrogen-bond donors (Lipinski definition) is 2. The van der Waals surface area contributed by atoms with Crippen LogP contribution >= 0.6 is 15.9 Å². The van der Waals surface area contributed by atoms with Crippen LogP contribution in [0.1, 0.15) is 1.43 Å². The smallest absolute Gasteiger partial charge is 1.00 e. The molecule has 7 heteroatoms. The molecule has 96 valence electrons. The molecule has 0 saturated carbocycles. The molecule has 0 amide bonds. The Morgan fingerprint density at radius 2 is 2.11 bits per heavy atom. The third-order valence-electron chi connectivity index (χ3n) is 1.49. The van der Waals surface area contributed by atoms with Crippen LogP contribution in [-0.4, -0.2) is 30.1 Å². The minimum absolute atomic E-state index is 0. The molecule has 0 spiro atoms. The van der Waals surface area contributed by atoms with Crippen LogP contribution in [0.2, 0.25) is 0 Å². The van der Waals surface area contributed by atoms with Gasteiger partial charge in [0.1, 0.15) is 18.1 Å². The van der Waals surface area contributed by atoms with Crippen LogP contribution in [0.4, 0.5) is 4.79 Å². The molecule has 0 saturated heterocycles. The number of methoxy groups -OCH3 is 1. The molecule has 5 nitrogen and oxygen atoms in total. The molecule has 0 bridgehead atoms. The Hall–Kier alpha value is -0.0536. The fourth-order valence-corrected chi connectivity index (χ4v) is 1.41. The molecule has 0 aliphatic heterocycles. The van der Waals surface area contributed by atoms with Crippen molar-refractivity contribution in [2.75, 3.05) is 13.7 Å². The summed E-state index contributed by atoms with van der Waals surface area (Å²) in [6.45, 7) is 4.08. The standard InChI is InChI=1S/C10H11BrO2.CH2O3.K.H/c1-3-6-13-8-4-5-10(12-2)9(11)7-8;2-1(3)4;;/h3-5,7H,1,6H2,2H3;(H2,2,3,4);;/q;;+1;-1. The van der Waals surface area contributed by atoms with Gasteiger partial charge in [-0.1, -0.05) is 12.7 Å². The minimum atomic E-state index is -1.83. The maximum atomic E-state index is 8.56. The van der Waals surface area contributed by atoms with Crippen LogP contribution < -0.4 is 60.9 Å². The number of benzene rings is 1.